The molecule has 1 aromatic rings. The van der Waals surface area contributed by atoms with Gasteiger partial charge in [-0.25, -0.2) is 0 Å². The van der Waals surface area contributed by atoms with Crippen molar-refractivity contribution in [1.29, 1.82) is 0 Å². The van der Waals surface area contributed by atoms with Crippen LogP contribution in [0, 0.1) is 0 Å². The van der Waals surface area contributed by atoms with E-state index in [1.165, 1.54) is 0 Å². The van der Waals surface area contributed by atoms with Gasteiger partial charge in [0.1, 0.15) is 0 Å². The van der Waals surface area contributed by atoms with E-state index in [9.17, 15) is 14.4 Å². The zero-order valence-corrected chi connectivity index (χ0v) is 15.5. The Labute approximate surface area is 154 Å². The van der Waals surface area contributed by atoms with E-state index in [2.05, 4.69) is 5.32 Å². The molecule has 0 spiro atoms. The van der Waals surface area contributed by atoms with Crippen LogP contribution < -0.4 is 5.32 Å². The van der Waals surface area contributed by atoms with Crippen molar-refractivity contribution in [2.45, 2.75) is 26.7 Å². The quantitative estimate of drug-likeness (QED) is 0.788. The van der Waals surface area contributed by atoms with Crippen molar-refractivity contribution in [2.75, 3.05) is 32.7 Å². The summed E-state index contributed by atoms with van der Waals surface area (Å²) in [6.45, 7) is 6.13. The molecule has 1 aliphatic rings. The van der Waals surface area contributed by atoms with E-state index in [0.717, 1.165) is 17.6 Å². The summed E-state index contributed by atoms with van der Waals surface area (Å²) in [5.41, 5.74) is 2.00. The zero-order valence-electron chi connectivity index (χ0n) is 15.5. The van der Waals surface area contributed by atoms with E-state index in [1.54, 1.807) is 22.8 Å². The third-order valence-corrected chi connectivity index (χ3v) is 4.55. The lowest BCUT2D eigenvalue weighted by molar-refractivity contribution is -0.138. The van der Waals surface area contributed by atoms with Crippen molar-refractivity contribution in [3.8, 4) is 0 Å². The molecule has 1 saturated heterocycles. The molecule has 0 radical (unpaired) electrons. The second-order valence-electron chi connectivity index (χ2n) is 6.32. The monoisotopic (exact) mass is 357 g/mol. The van der Waals surface area contributed by atoms with Crippen molar-refractivity contribution in [3.63, 3.8) is 0 Å². The number of carbonyl (C=O) groups is 3. The molecular weight excluding hydrogens is 330 g/mol. The summed E-state index contributed by atoms with van der Waals surface area (Å²) in [6.07, 6.45) is 2.63. The highest BCUT2D eigenvalue weighted by molar-refractivity contribution is 5.95. The summed E-state index contributed by atoms with van der Waals surface area (Å²) >= 11 is 0. The fourth-order valence-corrected chi connectivity index (χ4v) is 2.97. The van der Waals surface area contributed by atoms with E-state index in [4.69, 9.17) is 0 Å². The number of hydrogen-bond donors (Lipinski definition) is 1. The molecule has 1 aliphatic heterocycles. The molecule has 0 saturated carbocycles. The van der Waals surface area contributed by atoms with Gasteiger partial charge < -0.3 is 15.1 Å². The van der Waals surface area contributed by atoms with Gasteiger partial charge in [-0.2, -0.15) is 0 Å². The predicted octanol–water partition coefficient (Wildman–Crippen LogP) is 1.68. The number of allylic oxidation sites excluding steroid dienone is 1. The number of rotatable bonds is 6. The number of hydrogen-bond acceptors (Lipinski definition) is 3. The van der Waals surface area contributed by atoms with Crippen LogP contribution in [0.1, 0.15) is 32.3 Å². The van der Waals surface area contributed by atoms with Crippen molar-refractivity contribution in [1.82, 2.24) is 15.1 Å². The standard InChI is InChI=1S/C20H27N3O3/c1-3-17(18-7-5-4-6-8-18)15-19(25)21-10-9-20(26)23-13-11-22(12-14-23)16(2)24/h4-8,15H,3,9-14H2,1-2H3,(H,21,25)/b17-15+. The summed E-state index contributed by atoms with van der Waals surface area (Å²) in [6, 6.07) is 9.79. The maximum Gasteiger partial charge on any atom is 0.244 e. The fraction of sp³-hybridized carbons (Fsp3) is 0.450. The van der Waals surface area contributed by atoms with Crippen molar-refractivity contribution in [3.05, 3.63) is 42.0 Å². The molecule has 26 heavy (non-hydrogen) atoms. The highest BCUT2D eigenvalue weighted by atomic mass is 16.2. The van der Waals surface area contributed by atoms with Gasteiger partial charge in [-0.15, -0.1) is 0 Å². The molecule has 1 heterocycles. The van der Waals surface area contributed by atoms with E-state index in [0.29, 0.717) is 32.7 Å². The maximum atomic E-state index is 12.2. The van der Waals surface area contributed by atoms with Crippen LogP contribution >= 0.6 is 0 Å². The molecule has 0 atom stereocenters. The van der Waals surface area contributed by atoms with Gasteiger partial charge in [-0.05, 0) is 17.6 Å². The summed E-state index contributed by atoms with van der Waals surface area (Å²) < 4.78 is 0. The lowest BCUT2D eigenvalue weighted by Crippen LogP contribution is -2.50. The molecule has 1 aromatic carbocycles. The number of amides is 3. The molecule has 2 rings (SSSR count). The first-order valence-electron chi connectivity index (χ1n) is 9.08. The van der Waals surface area contributed by atoms with Crippen molar-refractivity contribution < 1.29 is 14.4 Å². The first kappa shape index (κ1) is 19.7. The Hall–Kier alpha value is -2.63. The van der Waals surface area contributed by atoms with Crippen LogP contribution in [0.2, 0.25) is 0 Å². The summed E-state index contributed by atoms with van der Waals surface area (Å²) in [4.78, 5) is 39.1. The maximum absolute atomic E-state index is 12.2. The van der Waals surface area contributed by atoms with Gasteiger partial charge in [-0.3, -0.25) is 14.4 Å². The van der Waals surface area contributed by atoms with Crippen LogP contribution in [-0.2, 0) is 14.4 Å². The van der Waals surface area contributed by atoms with Crippen LogP contribution in [0.15, 0.2) is 36.4 Å². The van der Waals surface area contributed by atoms with Crippen LogP contribution in [0.4, 0.5) is 0 Å². The summed E-state index contributed by atoms with van der Waals surface area (Å²) in [5, 5.41) is 2.79. The number of benzene rings is 1. The van der Waals surface area contributed by atoms with E-state index >= 15 is 0 Å². The molecule has 3 amide bonds. The average molecular weight is 357 g/mol. The lowest BCUT2D eigenvalue weighted by atomic mass is 10.0. The Morgan fingerprint density at radius 3 is 2.23 bits per heavy atom. The summed E-state index contributed by atoms with van der Waals surface area (Å²) in [5.74, 6) is -0.127. The fourth-order valence-electron chi connectivity index (χ4n) is 2.97. The van der Waals surface area contributed by atoms with Crippen LogP contribution in [0.5, 0.6) is 0 Å². The molecule has 0 aromatic heterocycles. The van der Waals surface area contributed by atoms with Crippen molar-refractivity contribution in [2.24, 2.45) is 0 Å². The van der Waals surface area contributed by atoms with Crippen LogP contribution in [0.3, 0.4) is 0 Å². The summed E-state index contributed by atoms with van der Waals surface area (Å²) in [7, 11) is 0. The van der Waals surface area contributed by atoms with Gasteiger partial charge in [0.05, 0.1) is 0 Å². The van der Waals surface area contributed by atoms with Gasteiger partial charge in [0.15, 0.2) is 0 Å². The Balaban J connectivity index is 1.76. The third-order valence-electron chi connectivity index (χ3n) is 4.55. The van der Waals surface area contributed by atoms with E-state index in [1.807, 2.05) is 37.3 Å². The van der Waals surface area contributed by atoms with Gasteiger partial charge in [-0.1, -0.05) is 37.3 Å². The smallest absolute Gasteiger partial charge is 0.244 e. The minimum atomic E-state index is -0.181. The van der Waals surface area contributed by atoms with Crippen LogP contribution in [0.25, 0.3) is 5.57 Å². The molecule has 0 aliphatic carbocycles. The minimum absolute atomic E-state index is 0.0104. The molecule has 6 heteroatoms. The zero-order chi connectivity index (χ0) is 18.9. The first-order chi connectivity index (χ1) is 12.5. The van der Waals surface area contributed by atoms with Gasteiger partial charge in [0.2, 0.25) is 17.7 Å². The topological polar surface area (TPSA) is 69.7 Å². The molecule has 0 unspecified atom stereocenters. The van der Waals surface area contributed by atoms with Gasteiger partial charge >= 0.3 is 0 Å². The van der Waals surface area contributed by atoms with Crippen LogP contribution in [-0.4, -0.2) is 60.2 Å². The van der Waals surface area contributed by atoms with Gasteiger partial charge in [0.25, 0.3) is 0 Å². The number of nitrogens with one attached hydrogen (secondary N) is 1. The average Bonchev–Trinajstić information content (AvgIpc) is 2.66. The normalized spacial score (nSPS) is 14.9. The first-order valence-corrected chi connectivity index (χ1v) is 9.08. The molecule has 140 valence electrons. The molecule has 0 bridgehead atoms. The molecule has 1 N–H and O–H groups in total. The van der Waals surface area contributed by atoms with Gasteiger partial charge in [0, 0.05) is 52.1 Å². The second kappa shape index (κ2) is 9.75. The largest absolute Gasteiger partial charge is 0.352 e. The number of carbonyl (C=O) groups excluding carboxylic acids is 3. The lowest BCUT2D eigenvalue weighted by Gasteiger charge is -2.34. The second-order valence-corrected chi connectivity index (χ2v) is 6.32. The Bertz CT molecular complexity index is 662. The van der Waals surface area contributed by atoms with E-state index < -0.39 is 0 Å². The molecular formula is C20H27N3O3. The minimum Gasteiger partial charge on any atom is -0.352 e. The predicted molar refractivity (Wildman–Crippen MR) is 101 cm³/mol. The molecule has 1 fully saturated rings. The third kappa shape index (κ3) is 5.72. The number of nitrogens with zero attached hydrogens (tertiary/aromatic N) is 2. The van der Waals surface area contributed by atoms with Crippen molar-refractivity contribution >= 4 is 23.3 Å². The Morgan fingerprint density at radius 2 is 1.65 bits per heavy atom. The Kier molecular flexibility index (Phi) is 7.38. The Morgan fingerprint density at radius 1 is 1.04 bits per heavy atom. The number of piperazine rings is 1. The molecule has 6 nitrogen and oxygen atoms in total. The highest BCUT2D eigenvalue weighted by Gasteiger charge is 2.21. The SMILES string of the molecule is CC/C(=C\C(=O)NCCC(=O)N1CCN(C(C)=O)CC1)c1ccccc1. The van der Waals surface area contributed by atoms with E-state index in [-0.39, 0.29) is 24.1 Å². The highest BCUT2D eigenvalue weighted by Crippen LogP contribution is 2.16.